The van der Waals surface area contributed by atoms with Crippen LogP contribution in [0.1, 0.15) is 57.9 Å². The maximum absolute atomic E-state index is 12.7. The van der Waals surface area contributed by atoms with Crippen molar-refractivity contribution in [2.75, 3.05) is 0 Å². The van der Waals surface area contributed by atoms with Gasteiger partial charge in [-0.1, -0.05) is 11.6 Å². The minimum absolute atomic E-state index is 0.0131. The molecule has 5 rings (SSSR count). The molecule has 1 N–H and O–H groups in total. The van der Waals surface area contributed by atoms with Crippen LogP contribution in [0.25, 0.3) is 0 Å². The van der Waals surface area contributed by atoms with E-state index in [9.17, 15) is 4.79 Å². The predicted molar refractivity (Wildman–Crippen MR) is 104 cm³/mol. The maximum atomic E-state index is 12.7. The van der Waals surface area contributed by atoms with Gasteiger partial charge in [-0.05, 0) is 106 Å². The normalized spacial score (nSPS) is 34.4. The van der Waals surface area contributed by atoms with Crippen LogP contribution in [0.15, 0.2) is 18.2 Å². The summed E-state index contributed by atoms with van der Waals surface area (Å²) in [7, 11) is 0. The Morgan fingerprint density at radius 2 is 1.73 bits per heavy atom. The van der Waals surface area contributed by atoms with E-state index >= 15 is 0 Å². The fourth-order valence-corrected chi connectivity index (χ4v) is 6.26. The highest BCUT2D eigenvalue weighted by Crippen LogP contribution is 2.61. The van der Waals surface area contributed by atoms with E-state index < -0.39 is 6.10 Å². The molecule has 0 unspecified atom stereocenters. The molecule has 4 heteroatoms. The predicted octanol–water partition coefficient (Wildman–Crippen LogP) is 5.14. The van der Waals surface area contributed by atoms with Gasteiger partial charge in [0.15, 0.2) is 6.10 Å². The quantitative estimate of drug-likeness (QED) is 0.774. The third-order valence-electron chi connectivity index (χ3n) is 7.17. The Hall–Kier alpha value is -1.22. The number of carbonyl (C=O) groups excluding carboxylic acids is 1. The minimum Gasteiger partial charge on any atom is -0.481 e. The number of benzene rings is 1. The summed E-state index contributed by atoms with van der Waals surface area (Å²) in [6.45, 7) is 5.98. The Kier molecular flexibility index (Phi) is 4.71. The molecule has 142 valence electrons. The summed E-state index contributed by atoms with van der Waals surface area (Å²) < 4.78 is 5.86. The van der Waals surface area contributed by atoms with Crippen LogP contribution in [-0.4, -0.2) is 18.1 Å². The van der Waals surface area contributed by atoms with Gasteiger partial charge in [-0.2, -0.15) is 0 Å². The van der Waals surface area contributed by atoms with Crippen molar-refractivity contribution in [2.45, 2.75) is 71.4 Å². The molecule has 4 bridgehead atoms. The number of amides is 1. The Labute approximate surface area is 161 Å². The lowest BCUT2D eigenvalue weighted by Crippen LogP contribution is -2.57. The Morgan fingerprint density at radius 3 is 2.27 bits per heavy atom. The lowest BCUT2D eigenvalue weighted by molar-refractivity contribution is -0.131. The molecule has 0 spiro atoms. The van der Waals surface area contributed by atoms with Gasteiger partial charge >= 0.3 is 0 Å². The van der Waals surface area contributed by atoms with Gasteiger partial charge in [0, 0.05) is 11.1 Å². The van der Waals surface area contributed by atoms with Gasteiger partial charge in [0.2, 0.25) is 0 Å². The van der Waals surface area contributed by atoms with E-state index in [0.717, 1.165) is 23.3 Å². The average molecular weight is 376 g/mol. The SMILES string of the molecule is Cc1cc(O[C@@H](C)C(=O)N[C@H](C)C23CC4CC(CC(C4)C2)C3)ccc1Cl. The summed E-state index contributed by atoms with van der Waals surface area (Å²) in [6, 6.07) is 5.74. The molecule has 3 nitrogen and oxygen atoms in total. The number of hydrogen-bond acceptors (Lipinski definition) is 2. The van der Waals surface area contributed by atoms with E-state index in [2.05, 4.69) is 12.2 Å². The van der Waals surface area contributed by atoms with Crippen LogP contribution in [0.2, 0.25) is 5.02 Å². The third kappa shape index (κ3) is 3.35. The number of rotatable bonds is 5. The highest BCUT2D eigenvalue weighted by atomic mass is 35.5. The molecule has 1 aromatic rings. The molecule has 4 saturated carbocycles. The van der Waals surface area contributed by atoms with Crippen molar-refractivity contribution in [1.82, 2.24) is 5.32 Å². The van der Waals surface area contributed by atoms with E-state index in [0.29, 0.717) is 16.2 Å². The van der Waals surface area contributed by atoms with Crippen molar-refractivity contribution >= 4 is 17.5 Å². The Balaban J connectivity index is 1.38. The van der Waals surface area contributed by atoms with Crippen molar-refractivity contribution in [3.8, 4) is 5.75 Å². The largest absolute Gasteiger partial charge is 0.481 e. The first kappa shape index (κ1) is 18.2. The van der Waals surface area contributed by atoms with Crippen LogP contribution in [0.5, 0.6) is 5.75 Å². The van der Waals surface area contributed by atoms with Crippen LogP contribution in [-0.2, 0) is 4.79 Å². The minimum atomic E-state index is -0.507. The zero-order valence-corrected chi connectivity index (χ0v) is 16.8. The van der Waals surface area contributed by atoms with Crippen LogP contribution < -0.4 is 10.1 Å². The summed E-state index contributed by atoms with van der Waals surface area (Å²) in [5.41, 5.74) is 1.28. The average Bonchev–Trinajstić information content (AvgIpc) is 2.57. The van der Waals surface area contributed by atoms with Crippen molar-refractivity contribution in [2.24, 2.45) is 23.2 Å². The monoisotopic (exact) mass is 375 g/mol. The summed E-state index contributed by atoms with van der Waals surface area (Å²) in [4.78, 5) is 12.7. The van der Waals surface area contributed by atoms with Gasteiger partial charge in [-0.25, -0.2) is 0 Å². The van der Waals surface area contributed by atoms with Gasteiger partial charge in [-0.15, -0.1) is 0 Å². The second-order valence-electron chi connectivity index (χ2n) is 9.18. The molecule has 4 aliphatic carbocycles. The van der Waals surface area contributed by atoms with Crippen molar-refractivity contribution in [3.63, 3.8) is 0 Å². The first-order chi connectivity index (χ1) is 12.3. The number of carbonyl (C=O) groups is 1. The summed E-state index contributed by atoms with van der Waals surface area (Å²) in [5.74, 6) is 3.36. The zero-order chi connectivity index (χ0) is 18.5. The van der Waals surface area contributed by atoms with Crippen LogP contribution >= 0.6 is 11.6 Å². The van der Waals surface area contributed by atoms with Gasteiger partial charge in [-0.3, -0.25) is 4.79 Å². The molecule has 4 aliphatic rings. The molecule has 2 atom stereocenters. The number of nitrogens with one attached hydrogen (secondary N) is 1. The van der Waals surface area contributed by atoms with E-state index in [1.807, 2.05) is 32.0 Å². The molecule has 1 aromatic carbocycles. The molecule has 1 amide bonds. The smallest absolute Gasteiger partial charge is 0.261 e. The van der Waals surface area contributed by atoms with Crippen LogP contribution in [0, 0.1) is 30.1 Å². The molecule has 0 saturated heterocycles. The van der Waals surface area contributed by atoms with E-state index in [1.54, 1.807) is 0 Å². The third-order valence-corrected chi connectivity index (χ3v) is 7.60. The van der Waals surface area contributed by atoms with E-state index in [1.165, 1.54) is 38.5 Å². The lowest BCUT2D eigenvalue weighted by Gasteiger charge is -2.59. The second-order valence-corrected chi connectivity index (χ2v) is 9.59. The van der Waals surface area contributed by atoms with Crippen molar-refractivity contribution in [1.29, 1.82) is 0 Å². The lowest BCUT2D eigenvalue weighted by atomic mass is 9.48. The van der Waals surface area contributed by atoms with Crippen molar-refractivity contribution in [3.05, 3.63) is 28.8 Å². The van der Waals surface area contributed by atoms with Crippen molar-refractivity contribution < 1.29 is 9.53 Å². The number of aryl methyl sites for hydroxylation is 1. The molecule has 0 aromatic heterocycles. The maximum Gasteiger partial charge on any atom is 0.261 e. The highest BCUT2D eigenvalue weighted by molar-refractivity contribution is 6.31. The van der Waals surface area contributed by atoms with Gasteiger partial charge < -0.3 is 10.1 Å². The number of halogens is 1. The Bertz CT molecular complexity index is 666. The van der Waals surface area contributed by atoms with Crippen LogP contribution in [0.3, 0.4) is 0 Å². The summed E-state index contributed by atoms with van der Waals surface area (Å²) >= 11 is 6.06. The fraction of sp³-hybridized carbons (Fsp3) is 0.682. The highest BCUT2D eigenvalue weighted by Gasteiger charge is 2.53. The molecule has 0 radical (unpaired) electrons. The Morgan fingerprint density at radius 1 is 1.15 bits per heavy atom. The van der Waals surface area contributed by atoms with E-state index in [-0.39, 0.29) is 11.9 Å². The summed E-state index contributed by atoms with van der Waals surface area (Å²) in [6.07, 6.45) is 7.66. The molecular formula is C22H30ClNO2. The van der Waals surface area contributed by atoms with E-state index in [4.69, 9.17) is 16.3 Å². The molecule has 0 aliphatic heterocycles. The topological polar surface area (TPSA) is 38.3 Å². The second kappa shape index (κ2) is 6.74. The van der Waals surface area contributed by atoms with Gasteiger partial charge in [0.25, 0.3) is 5.91 Å². The molecule has 26 heavy (non-hydrogen) atoms. The van der Waals surface area contributed by atoms with Crippen LogP contribution in [0.4, 0.5) is 0 Å². The molecular weight excluding hydrogens is 346 g/mol. The first-order valence-corrected chi connectivity index (χ1v) is 10.5. The number of ether oxygens (including phenoxy) is 1. The molecule has 0 heterocycles. The van der Waals surface area contributed by atoms with Gasteiger partial charge in [0.1, 0.15) is 5.75 Å². The number of hydrogen-bond donors (Lipinski definition) is 1. The fourth-order valence-electron chi connectivity index (χ4n) is 6.14. The molecule has 4 fully saturated rings. The zero-order valence-electron chi connectivity index (χ0n) is 16.1. The summed E-state index contributed by atoms with van der Waals surface area (Å²) in [5, 5.41) is 4.01. The first-order valence-electron chi connectivity index (χ1n) is 10.1. The van der Waals surface area contributed by atoms with Gasteiger partial charge in [0.05, 0.1) is 0 Å². The standard InChI is InChI=1S/C22H30ClNO2/c1-13-6-19(4-5-20(13)23)26-14(2)21(25)24-15(3)22-10-16-7-17(11-22)9-18(8-16)12-22/h4-6,14-18H,7-12H2,1-3H3,(H,24,25)/t14-,15+,16?,17?,18?,22?/m0/s1.